The summed E-state index contributed by atoms with van der Waals surface area (Å²) in [6.07, 6.45) is 0. The molecule has 19 heavy (non-hydrogen) atoms. The molecule has 0 aliphatic carbocycles. The zero-order valence-electron chi connectivity index (χ0n) is 11.5. The lowest BCUT2D eigenvalue weighted by molar-refractivity contribution is 0.778. The summed E-state index contributed by atoms with van der Waals surface area (Å²) in [6.45, 7) is 8.18. The second-order valence-electron chi connectivity index (χ2n) is 5.03. The Hall–Kier alpha value is -1.69. The van der Waals surface area contributed by atoms with Crippen molar-refractivity contribution in [3.63, 3.8) is 0 Å². The van der Waals surface area contributed by atoms with E-state index in [0.717, 1.165) is 10.8 Å². The lowest BCUT2D eigenvalue weighted by atomic mass is 10.1. The minimum Gasteiger partial charge on any atom is -0.359 e. The lowest BCUT2D eigenvalue weighted by Crippen LogP contribution is -2.13. The molecular formula is C13H18N4OS. The normalized spacial score (nSPS) is 11.3. The summed E-state index contributed by atoms with van der Waals surface area (Å²) in [5, 5.41) is 12.5. The molecule has 0 aliphatic rings. The molecule has 0 amide bonds. The van der Waals surface area contributed by atoms with E-state index in [-0.39, 0.29) is 11.5 Å². The van der Waals surface area contributed by atoms with Crippen molar-refractivity contribution in [3.8, 4) is 11.3 Å². The largest absolute Gasteiger partial charge is 0.359 e. The first kappa shape index (κ1) is 13.7. The molecule has 5 nitrogen and oxygen atoms in total. The van der Waals surface area contributed by atoms with E-state index in [4.69, 9.17) is 0 Å². The number of aromatic nitrogens is 3. The maximum absolute atomic E-state index is 11.9. The maximum atomic E-state index is 11.9. The number of nitrogens with one attached hydrogen (secondary N) is 2. The number of thiazole rings is 1. The van der Waals surface area contributed by atoms with Gasteiger partial charge in [-0.25, -0.2) is 10.1 Å². The summed E-state index contributed by atoms with van der Waals surface area (Å²) in [5.41, 5.74) is 1.93. The molecule has 0 bridgehead atoms. The van der Waals surface area contributed by atoms with E-state index >= 15 is 0 Å². The highest BCUT2D eigenvalue weighted by Crippen LogP contribution is 2.24. The predicted octanol–water partition coefficient (Wildman–Crippen LogP) is 2.84. The first-order valence-electron chi connectivity index (χ1n) is 6.29. The molecule has 102 valence electrons. The van der Waals surface area contributed by atoms with E-state index in [1.54, 1.807) is 0 Å². The van der Waals surface area contributed by atoms with Crippen LogP contribution in [0.2, 0.25) is 0 Å². The molecule has 0 saturated heterocycles. The fourth-order valence-corrected chi connectivity index (χ4v) is 2.48. The summed E-state index contributed by atoms with van der Waals surface area (Å²) in [4.78, 5) is 16.3. The zero-order valence-corrected chi connectivity index (χ0v) is 12.3. The highest BCUT2D eigenvalue weighted by Gasteiger charge is 2.12. The van der Waals surface area contributed by atoms with Gasteiger partial charge >= 0.3 is 0 Å². The fourth-order valence-electron chi connectivity index (χ4n) is 1.62. The average molecular weight is 278 g/mol. The highest BCUT2D eigenvalue weighted by molar-refractivity contribution is 7.14. The Morgan fingerprint density at radius 3 is 2.68 bits per heavy atom. The monoisotopic (exact) mass is 278 g/mol. The number of rotatable bonds is 4. The quantitative estimate of drug-likeness (QED) is 0.902. The minimum atomic E-state index is -0.203. The van der Waals surface area contributed by atoms with Crippen LogP contribution >= 0.6 is 11.3 Å². The highest BCUT2D eigenvalue weighted by atomic mass is 32.1. The van der Waals surface area contributed by atoms with Crippen molar-refractivity contribution in [3.05, 3.63) is 27.5 Å². The Morgan fingerprint density at radius 1 is 1.32 bits per heavy atom. The van der Waals surface area contributed by atoms with Gasteiger partial charge in [0.25, 0.3) is 5.56 Å². The van der Waals surface area contributed by atoms with Gasteiger partial charge in [-0.05, 0) is 25.8 Å². The second kappa shape index (κ2) is 5.52. The number of nitrogens with zero attached hydrogens (tertiary/aromatic N) is 2. The van der Waals surface area contributed by atoms with Gasteiger partial charge in [0.05, 0.1) is 17.0 Å². The molecule has 0 fully saturated rings. The minimum absolute atomic E-state index is 0.203. The van der Waals surface area contributed by atoms with E-state index in [0.29, 0.717) is 17.3 Å². The lowest BCUT2D eigenvalue weighted by Gasteiger charge is -2.05. The topological polar surface area (TPSA) is 70.7 Å². The number of anilines is 1. The molecule has 2 N–H and O–H groups in total. The smallest absolute Gasteiger partial charge is 0.273 e. The Kier molecular flexibility index (Phi) is 3.99. The van der Waals surface area contributed by atoms with Crippen molar-refractivity contribution in [1.82, 2.24) is 15.2 Å². The molecule has 0 unspecified atom stereocenters. The number of aromatic amines is 1. The van der Waals surface area contributed by atoms with Gasteiger partial charge in [-0.2, -0.15) is 5.10 Å². The maximum Gasteiger partial charge on any atom is 0.273 e. The van der Waals surface area contributed by atoms with Gasteiger partial charge in [-0.3, -0.25) is 4.79 Å². The van der Waals surface area contributed by atoms with Crippen molar-refractivity contribution >= 4 is 16.5 Å². The summed E-state index contributed by atoms with van der Waals surface area (Å²) < 4.78 is 0. The predicted molar refractivity (Wildman–Crippen MR) is 78.8 cm³/mol. The molecule has 2 aromatic rings. The van der Waals surface area contributed by atoms with Gasteiger partial charge in [0, 0.05) is 11.4 Å². The van der Waals surface area contributed by atoms with Crippen LogP contribution < -0.4 is 10.9 Å². The molecule has 2 heterocycles. The Bertz CT molecular complexity index is 615. The summed E-state index contributed by atoms with van der Waals surface area (Å²) in [5.74, 6) is 0.266. The summed E-state index contributed by atoms with van der Waals surface area (Å²) in [6, 6.07) is 2.14. The van der Waals surface area contributed by atoms with Gasteiger partial charge < -0.3 is 5.32 Å². The average Bonchev–Trinajstić information content (AvgIpc) is 2.76. The standard InChI is InChI=1S/C13H18N4OS/c1-7(2)10-5-9(12(18)17-16-10)11-6-19-13(15-11)14-8(3)4/h5-8H,1-4H3,(H,14,15)(H,17,18). The molecule has 0 radical (unpaired) electrons. The van der Waals surface area contributed by atoms with Crippen LogP contribution in [0.1, 0.15) is 39.3 Å². The van der Waals surface area contributed by atoms with Crippen molar-refractivity contribution < 1.29 is 0 Å². The first-order chi connectivity index (χ1) is 8.97. The van der Waals surface area contributed by atoms with Crippen molar-refractivity contribution in [2.75, 3.05) is 5.32 Å². The molecule has 2 aromatic heterocycles. The van der Waals surface area contributed by atoms with Gasteiger partial charge in [0.2, 0.25) is 0 Å². The van der Waals surface area contributed by atoms with E-state index in [2.05, 4.69) is 34.3 Å². The van der Waals surface area contributed by atoms with E-state index < -0.39 is 0 Å². The molecule has 0 atom stereocenters. The van der Waals surface area contributed by atoms with Gasteiger partial charge in [-0.15, -0.1) is 11.3 Å². The molecule has 6 heteroatoms. The van der Waals surface area contributed by atoms with Crippen LogP contribution in [0.5, 0.6) is 0 Å². The van der Waals surface area contributed by atoms with Crippen molar-refractivity contribution in [1.29, 1.82) is 0 Å². The first-order valence-corrected chi connectivity index (χ1v) is 7.17. The van der Waals surface area contributed by atoms with Gasteiger partial charge in [0.1, 0.15) is 0 Å². The van der Waals surface area contributed by atoms with E-state index in [1.165, 1.54) is 11.3 Å². The van der Waals surface area contributed by atoms with Crippen LogP contribution in [0.25, 0.3) is 11.3 Å². The Morgan fingerprint density at radius 2 is 2.05 bits per heavy atom. The second-order valence-corrected chi connectivity index (χ2v) is 5.89. The fraction of sp³-hybridized carbons (Fsp3) is 0.462. The SMILES string of the molecule is CC(C)Nc1nc(-c2cc(C(C)C)n[nH]c2=O)cs1. The van der Waals surface area contributed by atoms with Crippen LogP contribution in [-0.4, -0.2) is 21.2 Å². The molecule has 0 spiro atoms. The van der Waals surface area contributed by atoms with Gasteiger partial charge in [0.15, 0.2) is 5.13 Å². The Labute approximate surface area is 116 Å². The molecular weight excluding hydrogens is 260 g/mol. The molecule has 0 saturated carbocycles. The van der Waals surface area contributed by atoms with Crippen LogP contribution in [-0.2, 0) is 0 Å². The summed E-state index contributed by atoms with van der Waals surface area (Å²) in [7, 11) is 0. The zero-order chi connectivity index (χ0) is 14.0. The third-order valence-corrected chi connectivity index (χ3v) is 3.38. The molecule has 0 aliphatic heterocycles. The van der Waals surface area contributed by atoms with Crippen LogP contribution in [0, 0.1) is 0 Å². The van der Waals surface area contributed by atoms with E-state index in [9.17, 15) is 4.79 Å². The number of hydrogen-bond acceptors (Lipinski definition) is 5. The Balaban J connectivity index is 2.38. The van der Waals surface area contributed by atoms with Crippen LogP contribution in [0.4, 0.5) is 5.13 Å². The third kappa shape index (κ3) is 3.20. The van der Waals surface area contributed by atoms with Crippen LogP contribution in [0.3, 0.4) is 0 Å². The third-order valence-electron chi connectivity index (χ3n) is 2.61. The number of hydrogen-bond donors (Lipinski definition) is 2. The molecule has 0 aromatic carbocycles. The van der Waals surface area contributed by atoms with Crippen LogP contribution in [0.15, 0.2) is 16.2 Å². The summed E-state index contributed by atoms with van der Waals surface area (Å²) >= 11 is 1.50. The van der Waals surface area contributed by atoms with Crippen molar-refractivity contribution in [2.45, 2.75) is 39.7 Å². The van der Waals surface area contributed by atoms with Gasteiger partial charge in [-0.1, -0.05) is 13.8 Å². The van der Waals surface area contributed by atoms with E-state index in [1.807, 2.05) is 25.3 Å². The number of H-pyrrole nitrogens is 1. The van der Waals surface area contributed by atoms with Crippen molar-refractivity contribution in [2.24, 2.45) is 0 Å². The molecule has 2 rings (SSSR count).